The van der Waals surface area contributed by atoms with E-state index < -0.39 is 5.92 Å². The Balaban J connectivity index is 1.55. The number of carbonyl (C=O) groups excluding carboxylic acids is 2. The van der Waals surface area contributed by atoms with Gasteiger partial charge in [0.15, 0.2) is 0 Å². The fourth-order valence-electron chi connectivity index (χ4n) is 2.94. The number of hydrogen-bond acceptors (Lipinski definition) is 2. The molecule has 4 nitrogen and oxygen atoms in total. The van der Waals surface area contributed by atoms with E-state index in [1.807, 2.05) is 0 Å². The first-order valence-electron chi connectivity index (χ1n) is 8.11. The molecule has 2 amide bonds. The first-order chi connectivity index (χ1) is 12.0. The highest BCUT2D eigenvalue weighted by Crippen LogP contribution is 2.27. The molecule has 130 valence electrons. The molecule has 1 heterocycles. The Morgan fingerprint density at radius 2 is 2.04 bits per heavy atom. The fourth-order valence-corrected chi connectivity index (χ4v) is 3.13. The Bertz CT molecular complexity index is 796. The summed E-state index contributed by atoms with van der Waals surface area (Å²) >= 11 is 5.96. The maximum atomic E-state index is 13.6. The summed E-state index contributed by atoms with van der Waals surface area (Å²) in [5.74, 6) is -0.974. The van der Waals surface area contributed by atoms with Crippen molar-refractivity contribution in [3.8, 4) is 0 Å². The van der Waals surface area contributed by atoms with Gasteiger partial charge in [-0.05, 0) is 36.2 Å². The van der Waals surface area contributed by atoms with Crippen molar-refractivity contribution in [1.29, 1.82) is 0 Å². The number of halogens is 2. The largest absolute Gasteiger partial charge is 0.355 e. The Labute approximate surface area is 150 Å². The fraction of sp³-hybridized carbons (Fsp3) is 0.263. The van der Waals surface area contributed by atoms with Gasteiger partial charge in [0.2, 0.25) is 11.8 Å². The van der Waals surface area contributed by atoms with E-state index in [2.05, 4.69) is 5.32 Å². The molecule has 0 bridgehead atoms. The van der Waals surface area contributed by atoms with Crippen molar-refractivity contribution in [3.63, 3.8) is 0 Å². The monoisotopic (exact) mass is 360 g/mol. The minimum atomic E-state index is -0.410. The predicted molar refractivity (Wildman–Crippen MR) is 95.0 cm³/mol. The number of hydrogen-bond donors (Lipinski definition) is 1. The molecule has 1 fully saturated rings. The third-order valence-electron chi connectivity index (χ3n) is 4.27. The van der Waals surface area contributed by atoms with Gasteiger partial charge in [0.05, 0.1) is 5.92 Å². The molecule has 3 rings (SSSR count). The molecule has 0 aromatic heterocycles. The van der Waals surface area contributed by atoms with Crippen molar-refractivity contribution in [2.75, 3.05) is 18.0 Å². The lowest BCUT2D eigenvalue weighted by Crippen LogP contribution is -2.34. The van der Waals surface area contributed by atoms with Crippen molar-refractivity contribution in [2.45, 2.75) is 12.8 Å². The van der Waals surface area contributed by atoms with Gasteiger partial charge in [-0.15, -0.1) is 0 Å². The summed E-state index contributed by atoms with van der Waals surface area (Å²) in [6, 6.07) is 13.5. The summed E-state index contributed by atoms with van der Waals surface area (Å²) in [7, 11) is 0. The van der Waals surface area contributed by atoms with Crippen LogP contribution >= 0.6 is 11.6 Å². The lowest BCUT2D eigenvalue weighted by Gasteiger charge is -2.17. The minimum Gasteiger partial charge on any atom is -0.355 e. The highest BCUT2D eigenvalue weighted by Gasteiger charge is 2.35. The standard InChI is InChI=1S/C19H18ClFN2O2/c20-15-5-3-6-16(11-15)23-12-14(10-18(23)24)19(25)22-9-8-13-4-1-2-7-17(13)21/h1-7,11,14H,8-10,12H2,(H,22,25). The van der Waals surface area contributed by atoms with E-state index in [9.17, 15) is 14.0 Å². The topological polar surface area (TPSA) is 49.4 Å². The van der Waals surface area contributed by atoms with Gasteiger partial charge < -0.3 is 10.2 Å². The zero-order valence-corrected chi connectivity index (χ0v) is 14.3. The van der Waals surface area contributed by atoms with Crippen LogP contribution in [0.25, 0.3) is 0 Å². The number of benzene rings is 2. The molecule has 0 spiro atoms. The van der Waals surface area contributed by atoms with Crippen molar-refractivity contribution in [2.24, 2.45) is 5.92 Å². The second-order valence-electron chi connectivity index (χ2n) is 6.02. The molecular formula is C19H18ClFN2O2. The second-order valence-corrected chi connectivity index (χ2v) is 6.45. The minimum absolute atomic E-state index is 0.100. The molecule has 0 radical (unpaired) electrons. The van der Waals surface area contributed by atoms with Gasteiger partial charge in [0, 0.05) is 30.2 Å². The molecule has 2 aromatic carbocycles. The lowest BCUT2D eigenvalue weighted by atomic mass is 10.1. The average Bonchev–Trinajstić information content (AvgIpc) is 2.98. The number of nitrogens with one attached hydrogen (secondary N) is 1. The Morgan fingerprint density at radius 1 is 1.24 bits per heavy atom. The molecular weight excluding hydrogens is 343 g/mol. The van der Waals surface area contributed by atoms with Crippen LogP contribution in [-0.2, 0) is 16.0 Å². The van der Waals surface area contributed by atoms with E-state index >= 15 is 0 Å². The number of nitrogens with zero attached hydrogens (tertiary/aromatic N) is 1. The molecule has 1 aliphatic heterocycles. The summed E-state index contributed by atoms with van der Waals surface area (Å²) < 4.78 is 13.6. The van der Waals surface area contributed by atoms with Crippen LogP contribution in [0.5, 0.6) is 0 Å². The van der Waals surface area contributed by atoms with Crippen molar-refractivity contribution in [3.05, 3.63) is 64.9 Å². The molecule has 0 saturated carbocycles. The van der Waals surface area contributed by atoms with Crippen molar-refractivity contribution >= 4 is 29.1 Å². The molecule has 1 unspecified atom stereocenters. The highest BCUT2D eigenvalue weighted by molar-refractivity contribution is 6.30. The SMILES string of the molecule is O=C(NCCc1ccccc1F)C1CC(=O)N(c2cccc(Cl)c2)C1. The molecule has 1 saturated heterocycles. The molecule has 1 aliphatic rings. The van der Waals surface area contributed by atoms with Gasteiger partial charge in [-0.3, -0.25) is 9.59 Å². The summed E-state index contributed by atoms with van der Waals surface area (Å²) in [5, 5.41) is 3.34. The maximum Gasteiger partial charge on any atom is 0.227 e. The smallest absolute Gasteiger partial charge is 0.227 e. The number of anilines is 1. The van der Waals surface area contributed by atoms with Gasteiger partial charge in [-0.2, -0.15) is 0 Å². The van der Waals surface area contributed by atoms with Crippen LogP contribution in [-0.4, -0.2) is 24.9 Å². The van der Waals surface area contributed by atoms with E-state index in [1.165, 1.54) is 6.07 Å². The summed E-state index contributed by atoms with van der Waals surface area (Å²) in [6.45, 7) is 0.659. The lowest BCUT2D eigenvalue weighted by molar-refractivity contribution is -0.126. The van der Waals surface area contributed by atoms with Gasteiger partial charge >= 0.3 is 0 Å². The van der Waals surface area contributed by atoms with E-state index in [1.54, 1.807) is 47.4 Å². The number of carbonyl (C=O) groups is 2. The van der Waals surface area contributed by atoms with Crippen LogP contribution in [0, 0.1) is 11.7 Å². The van der Waals surface area contributed by atoms with E-state index in [0.717, 1.165) is 0 Å². The zero-order chi connectivity index (χ0) is 17.8. The first kappa shape index (κ1) is 17.4. The predicted octanol–water partition coefficient (Wildman–Crippen LogP) is 3.19. The molecule has 2 aromatic rings. The van der Waals surface area contributed by atoms with Gasteiger partial charge in [0.1, 0.15) is 5.82 Å². The van der Waals surface area contributed by atoms with Gasteiger partial charge in [-0.1, -0.05) is 35.9 Å². The summed E-state index contributed by atoms with van der Waals surface area (Å²) in [5.41, 5.74) is 1.25. The molecule has 25 heavy (non-hydrogen) atoms. The Kier molecular flexibility index (Phi) is 5.34. The molecule has 6 heteroatoms. The van der Waals surface area contributed by atoms with Crippen LogP contribution in [0.1, 0.15) is 12.0 Å². The second kappa shape index (κ2) is 7.66. The van der Waals surface area contributed by atoms with Crippen molar-refractivity contribution in [1.82, 2.24) is 5.32 Å². The van der Waals surface area contributed by atoms with E-state index in [-0.39, 0.29) is 24.1 Å². The Morgan fingerprint density at radius 3 is 2.80 bits per heavy atom. The molecule has 1 N–H and O–H groups in total. The zero-order valence-electron chi connectivity index (χ0n) is 13.5. The van der Waals surface area contributed by atoms with E-state index in [0.29, 0.717) is 35.8 Å². The molecule has 1 atom stereocenters. The normalized spacial score (nSPS) is 17.0. The van der Waals surface area contributed by atoms with Crippen LogP contribution in [0.4, 0.5) is 10.1 Å². The highest BCUT2D eigenvalue weighted by atomic mass is 35.5. The number of rotatable bonds is 5. The van der Waals surface area contributed by atoms with Crippen molar-refractivity contribution < 1.29 is 14.0 Å². The third-order valence-corrected chi connectivity index (χ3v) is 4.50. The maximum absolute atomic E-state index is 13.6. The summed E-state index contributed by atoms with van der Waals surface area (Å²) in [6.07, 6.45) is 0.579. The average molecular weight is 361 g/mol. The van der Waals surface area contributed by atoms with Crippen LogP contribution in [0.15, 0.2) is 48.5 Å². The van der Waals surface area contributed by atoms with Crippen LogP contribution in [0.2, 0.25) is 5.02 Å². The molecule has 0 aliphatic carbocycles. The quantitative estimate of drug-likeness (QED) is 0.890. The van der Waals surface area contributed by atoms with Crippen LogP contribution < -0.4 is 10.2 Å². The first-order valence-corrected chi connectivity index (χ1v) is 8.49. The summed E-state index contributed by atoms with van der Waals surface area (Å²) in [4.78, 5) is 26.1. The van der Waals surface area contributed by atoms with Gasteiger partial charge in [0.25, 0.3) is 0 Å². The van der Waals surface area contributed by atoms with E-state index in [4.69, 9.17) is 11.6 Å². The Hall–Kier alpha value is -2.40. The van der Waals surface area contributed by atoms with Gasteiger partial charge in [-0.25, -0.2) is 4.39 Å². The van der Waals surface area contributed by atoms with Crippen LogP contribution in [0.3, 0.4) is 0 Å². The third kappa shape index (κ3) is 4.17. The number of amides is 2.